The summed E-state index contributed by atoms with van der Waals surface area (Å²) in [6, 6.07) is 5.51. The molecule has 1 aromatic carbocycles. The van der Waals surface area contributed by atoms with E-state index < -0.39 is 17.9 Å². The van der Waals surface area contributed by atoms with Gasteiger partial charge in [0.05, 0.1) is 12.3 Å². The maximum Gasteiger partial charge on any atom is 0.326 e. The monoisotopic (exact) mass is 364 g/mol. The minimum atomic E-state index is -1.08. The molecule has 0 unspecified atom stereocenters. The fourth-order valence-corrected chi connectivity index (χ4v) is 3.19. The lowest BCUT2D eigenvalue weighted by atomic mass is 10.0. The van der Waals surface area contributed by atoms with E-state index in [0.717, 1.165) is 16.7 Å². The highest BCUT2D eigenvalue weighted by Crippen LogP contribution is 2.21. The van der Waals surface area contributed by atoms with Crippen LogP contribution in [0.15, 0.2) is 24.3 Å². The van der Waals surface area contributed by atoms with Crippen LogP contribution in [0, 0.1) is 5.92 Å². The Morgan fingerprint density at radius 3 is 2.60 bits per heavy atom. The lowest BCUT2D eigenvalue weighted by molar-refractivity contribution is -0.139. The Kier molecular flexibility index (Phi) is 6.19. The zero-order valence-electron chi connectivity index (χ0n) is 14.0. The van der Waals surface area contributed by atoms with E-state index in [2.05, 4.69) is 5.32 Å². The van der Waals surface area contributed by atoms with Crippen molar-refractivity contribution in [1.29, 1.82) is 0 Å². The van der Waals surface area contributed by atoms with E-state index in [-0.39, 0.29) is 29.4 Å². The summed E-state index contributed by atoms with van der Waals surface area (Å²) < 4.78 is 0. The van der Waals surface area contributed by atoms with Crippen LogP contribution in [-0.2, 0) is 16.1 Å². The van der Waals surface area contributed by atoms with Gasteiger partial charge in [-0.25, -0.2) is 4.79 Å². The van der Waals surface area contributed by atoms with Crippen LogP contribution in [0.25, 0.3) is 0 Å². The number of carboxylic acid groups (broad SMARTS) is 1. The summed E-state index contributed by atoms with van der Waals surface area (Å²) >= 11 is 0.953. The molecule has 0 aromatic heterocycles. The van der Waals surface area contributed by atoms with Gasteiger partial charge in [-0.05, 0) is 30.0 Å². The van der Waals surface area contributed by atoms with E-state index in [1.165, 1.54) is 0 Å². The summed E-state index contributed by atoms with van der Waals surface area (Å²) in [5, 5.41) is 11.4. The van der Waals surface area contributed by atoms with Crippen LogP contribution in [0.2, 0.25) is 0 Å². The van der Waals surface area contributed by atoms with Gasteiger partial charge in [-0.3, -0.25) is 19.3 Å². The Morgan fingerprint density at radius 1 is 1.32 bits per heavy atom. The Hall–Kier alpha value is -2.35. The lowest BCUT2D eigenvalue weighted by Gasteiger charge is -2.17. The van der Waals surface area contributed by atoms with Gasteiger partial charge < -0.3 is 10.4 Å². The van der Waals surface area contributed by atoms with Crippen molar-refractivity contribution in [2.24, 2.45) is 5.92 Å². The topological polar surface area (TPSA) is 104 Å². The summed E-state index contributed by atoms with van der Waals surface area (Å²) in [5.41, 5.74) is 0.923. The van der Waals surface area contributed by atoms with Crippen LogP contribution in [0.5, 0.6) is 0 Å². The molecule has 0 spiro atoms. The van der Waals surface area contributed by atoms with Gasteiger partial charge in [0.15, 0.2) is 0 Å². The lowest BCUT2D eigenvalue weighted by Crippen LogP contribution is -2.41. The average molecular weight is 364 g/mol. The van der Waals surface area contributed by atoms with Gasteiger partial charge in [0, 0.05) is 5.56 Å². The second kappa shape index (κ2) is 8.15. The molecule has 7 nitrogen and oxygen atoms in total. The third kappa shape index (κ3) is 5.06. The third-order valence-corrected chi connectivity index (χ3v) is 4.54. The number of hydrogen-bond acceptors (Lipinski definition) is 5. The molecule has 134 valence electrons. The van der Waals surface area contributed by atoms with Crippen molar-refractivity contribution < 1.29 is 24.3 Å². The minimum Gasteiger partial charge on any atom is -0.480 e. The van der Waals surface area contributed by atoms with Crippen LogP contribution < -0.4 is 5.32 Å². The molecular weight excluding hydrogens is 344 g/mol. The van der Waals surface area contributed by atoms with Gasteiger partial charge in [0.25, 0.3) is 11.1 Å². The van der Waals surface area contributed by atoms with Gasteiger partial charge in [-0.2, -0.15) is 0 Å². The molecule has 1 fully saturated rings. The molecule has 2 rings (SSSR count). The number of rotatable bonds is 7. The first-order chi connectivity index (χ1) is 11.8. The van der Waals surface area contributed by atoms with E-state index in [1.54, 1.807) is 24.3 Å². The number of carboxylic acids is 1. The Labute approximate surface area is 149 Å². The largest absolute Gasteiger partial charge is 0.480 e. The van der Waals surface area contributed by atoms with E-state index in [1.807, 2.05) is 13.8 Å². The zero-order chi connectivity index (χ0) is 18.6. The summed E-state index contributed by atoms with van der Waals surface area (Å²) in [6.45, 7) is 3.86. The number of nitrogens with one attached hydrogen (secondary N) is 1. The average Bonchev–Trinajstić information content (AvgIpc) is 2.86. The zero-order valence-corrected chi connectivity index (χ0v) is 14.8. The number of carbonyl (C=O) groups excluding carboxylic acids is 3. The quantitative estimate of drug-likeness (QED) is 0.768. The van der Waals surface area contributed by atoms with Gasteiger partial charge in [0.2, 0.25) is 5.91 Å². The molecule has 1 heterocycles. The first-order valence-corrected chi connectivity index (χ1v) is 8.86. The van der Waals surface area contributed by atoms with Crippen molar-refractivity contribution in [2.45, 2.75) is 32.9 Å². The molecule has 1 aromatic rings. The number of hydrogen-bond donors (Lipinski definition) is 2. The number of thioether (sulfide) groups is 1. The molecule has 1 atom stereocenters. The number of benzene rings is 1. The maximum atomic E-state index is 12.3. The fourth-order valence-electron chi connectivity index (χ4n) is 2.46. The molecule has 1 aliphatic heterocycles. The summed E-state index contributed by atoms with van der Waals surface area (Å²) in [5.74, 6) is -1.58. The standard InChI is InChI=1S/C17H20N2O5S/c1-10(2)6-13(16(22)23)18-15(21)12-5-3-4-11(7-12)8-19-14(20)9-25-17(19)24/h3-5,7,10,13H,6,8-9H2,1-2H3,(H,18,21)(H,22,23)/t13-/m0/s1. The van der Waals surface area contributed by atoms with Crippen molar-refractivity contribution in [1.82, 2.24) is 10.2 Å². The molecule has 0 saturated carbocycles. The van der Waals surface area contributed by atoms with E-state index >= 15 is 0 Å². The summed E-state index contributed by atoms with van der Waals surface area (Å²) in [4.78, 5) is 48.1. The third-order valence-electron chi connectivity index (χ3n) is 3.68. The molecule has 1 saturated heterocycles. The number of nitrogens with zero attached hydrogens (tertiary/aromatic N) is 1. The smallest absolute Gasteiger partial charge is 0.326 e. The number of aliphatic carboxylic acids is 1. The number of amides is 3. The molecule has 0 aliphatic carbocycles. The Morgan fingerprint density at radius 2 is 2.04 bits per heavy atom. The first kappa shape index (κ1) is 19.0. The Bertz CT molecular complexity index is 688. The van der Waals surface area contributed by atoms with Crippen molar-refractivity contribution in [3.8, 4) is 0 Å². The number of imide groups is 1. The highest BCUT2D eigenvalue weighted by atomic mass is 32.2. The van der Waals surface area contributed by atoms with Crippen LogP contribution in [0.3, 0.4) is 0 Å². The van der Waals surface area contributed by atoms with Crippen molar-refractivity contribution in [3.05, 3.63) is 35.4 Å². The van der Waals surface area contributed by atoms with E-state index in [0.29, 0.717) is 17.5 Å². The molecule has 25 heavy (non-hydrogen) atoms. The van der Waals surface area contributed by atoms with Gasteiger partial charge >= 0.3 is 5.97 Å². The SMILES string of the molecule is CC(C)C[C@H](NC(=O)c1cccc(CN2C(=O)CSC2=O)c1)C(=O)O. The predicted octanol–water partition coefficient (Wildman–Crippen LogP) is 2.11. The van der Waals surface area contributed by atoms with E-state index in [4.69, 9.17) is 0 Å². The predicted molar refractivity (Wildman–Crippen MR) is 93.2 cm³/mol. The molecule has 8 heteroatoms. The second-order valence-electron chi connectivity index (χ2n) is 6.23. The van der Waals surface area contributed by atoms with Crippen molar-refractivity contribution in [2.75, 3.05) is 5.75 Å². The molecule has 2 N–H and O–H groups in total. The first-order valence-electron chi connectivity index (χ1n) is 7.87. The highest BCUT2D eigenvalue weighted by molar-refractivity contribution is 8.14. The molecule has 0 bridgehead atoms. The van der Waals surface area contributed by atoms with Crippen LogP contribution >= 0.6 is 11.8 Å². The second-order valence-corrected chi connectivity index (χ2v) is 7.16. The van der Waals surface area contributed by atoms with Crippen LogP contribution in [-0.4, -0.2) is 44.8 Å². The van der Waals surface area contributed by atoms with Crippen LogP contribution in [0.1, 0.15) is 36.2 Å². The Balaban J connectivity index is 2.09. The molecule has 0 radical (unpaired) electrons. The van der Waals surface area contributed by atoms with Crippen LogP contribution in [0.4, 0.5) is 4.79 Å². The summed E-state index contributed by atoms with van der Waals surface area (Å²) in [7, 11) is 0. The molecule has 3 amide bonds. The minimum absolute atomic E-state index is 0.0974. The summed E-state index contributed by atoms with van der Waals surface area (Å²) in [6.07, 6.45) is 0.328. The molecule has 1 aliphatic rings. The number of carbonyl (C=O) groups is 4. The van der Waals surface area contributed by atoms with Gasteiger partial charge in [-0.15, -0.1) is 0 Å². The van der Waals surface area contributed by atoms with Gasteiger partial charge in [0.1, 0.15) is 6.04 Å². The van der Waals surface area contributed by atoms with E-state index in [9.17, 15) is 24.3 Å². The normalized spacial score (nSPS) is 15.6. The maximum absolute atomic E-state index is 12.3. The molecular formula is C17H20N2O5S. The van der Waals surface area contributed by atoms with Crippen molar-refractivity contribution in [3.63, 3.8) is 0 Å². The van der Waals surface area contributed by atoms with Crippen molar-refractivity contribution >= 4 is 34.8 Å². The van der Waals surface area contributed by atoms with Gasteiger partial charge in [-0.1, -0.05) is 37.7 Å². The fraction of sp³-hybridized carbons (Fsp3) is 0.412. The highest BCUT2D eigenvalue weighted by Gasteiger charge is 2.30.